The Morgan fingerprint density at radius 2 is 1.50 bits per heavy atom. The third kappa shape index (κ3) is 1.67. The van der Waals surface area contributed by atoms with Crippen LogP contribution in [-0.2, 0) is 0 Å². The second-order valence-corrected chi connectivity index (χ2v) is 3.60. The number of hydrogen-bond acceptors (Lipinski definition) is 1. The van der Waals surface area contributed by atoms with E-state index in [0.717, 1.165) is 0 Å². The Hall–Kier alpha value is -0.820. The van der Waals surface area contributed by atoms with E-state index < -0.39 is 0 Å². The Morgan fingerprint density at radius 1 is 1.08 bits per heavy atom. The predicted octanol–water partition coefficient (Wildman–Crippen LogP) is 2.63. The average Bonchev–Trinajstić information content (AvgIpc) is 1.82. The molecule has 0 amide bonds. The summed E-state index contributed by atoms with van der Waals surface area (Å²) in [6.07, 6.45) is 0. The molecule has 0 fully saturated rings. The topological polar surface area (TPSA) is 26.0 Å². The zero-order valence-electron chi connectivity index (χ0n) is 8.31. The molecule has 0 unspecified atom stereocenters. The summed E-state index contributed by atoms with van der Waals surface area (Å²) in [4.78, 5) is 0. The SMILES string of the molecule is Cc1cc(C)c([C@@H](C)N)c(C)c1. The average molecular weight is 163 g/mol. The number of hydrogen-bond donors (Lipinski definition) is 1. The summed E-state index contributed by atoms with van der Waals surface area (Å²) >= 11 is 0. The van der Waals surface area contributed by atoms with E-state index >= 15 is 0 Å². The first kappa shape index (κ1) is 9.27. The molecule has 66 valence electrons. The van der Waals surface area contributed by atoms with Crippen LogP contribution in [0.25, 0.3) is 0 Å². The van der Waals surface area contributed by atoms with Crippen molar-refractivity contribution < 1.29 is 0 Å². The molecule has 0 spiro atoms. The predicted molar refractivity (Wildman–Crippen MR) is 53.3 cm³/mol. The van der Waals surface area contributed by atoms with E-state index in [1.165, 1.54) is 22.3 Å². The second kappa shape index (κ2) is 3.28. The van der Waals surface area contributed by atoms with E-state index in [-0.39, 0.29) is 6.04 Å². The zero-order valence-corrected chi connectivity index (χ0v) is 8.31. The van der Waals surface area contributed by atoms with Gasteiger partial charge in [0.1, 0.15) is 0 Å². The molecule has 0 aromatic heterocycles. The molecule has 1 nitrogen and oxygen atoms in total. The van der Waals surface area contributed by atoms with E-state index in [2.05, 4.69) is 32.9 Å². The van der Waals surface area contributed by atoms with Gasteiger partial charge in [0.15, 0.2) is 0 Å². The van der Waals surface area contributed by atoms with Crippen molar-refractivity contribution in [2.24, 2.45) is 5.73 Å². The van der Waals surface area contributed by atoms with Crippen molar-refractivity contribution in [1.29, 1.82) is 0 Å². The zero-order chi connectivity index (χ0) is 9.30. The molecule has 0 aliphatic rings. The van der Waals surface area contributed by atoms with Gasteiger partial charge in [-0.1, -0.05) is 17.7 Å². The summed E-state index contributed by atoms with van der Waals surface area (Å²) in [7, 11) is 0. The Balaban J connectivity index is 3.28. The third-order valence-electron chi connectivity index (χ3n) is 2.19. The Labute approximate surface area is 74.6 Å². The first-order valence-corrected chi connectivity index (χ1v) is 4.35. The van der Waals surface area contributed by atoms with Crippen molar-refractivity contribution in [3.8, 4) is 0 Å². The van der Waals surface area contributed by atoms with Gasteiger partial charge in [0.2, 0.25) is 0 Å². The summed E-state index contributed by atoms with van der Waals surface area (Å²) in [5.74, 6) is 0. The van der Waals surface area contributed by atoms with E-state index in [1.54, 1.807) is 0 Å². The van der Waals surface area contributed by atoms with Gasteiger partial charge in [-0.15, -0.1) is 0 Å². The first-order chi connectivity index (χ1) is 5.52. The molecule has 1 aromatic carbocycles. The van der Waals surface area contributed by atoms with Crippen LogP contribution >= 0.6 is 0 Å². The van der Waals surface area contributed by atoms with Crippen LogP contribution in [0.2, 0.25) is 0 Å². The second-order valence-electron chi connectivity index (χ2n) is 3.60. The van der Waals surface area contributed by atoms with Crippen LogP contribution in [0, 0.1) is 20.8 Å². The maximum Gasteiger partial charge on any atom is 0.0271 e. The van der Waals surface area contributed by atoms with Crippen molar-refractivity contribution >= 4 is 0 Å². The fourth-order valence-electron chi connectivity index (χ4n) is 1.91. The molecule has 1 rings (SSSR count). The van der Waals surface area contributed by atoms with Gasteiger partial charge >= 0.3 is 0 Å². The van der Waals surface area contributed by atoms with Crippen LogP contribution < -0.4 is 5.73 Å². The van der Waals surface area contributed by atoms with Crippen LogP contribution in [0.1, 0.15) is 35.2 Å². The highest BCUT2D eigenvalue weighted by Gasteiger charge is 2.06. The van der Waals surface area contributed by atoms with Crippen molar-refractivity contribution in [3.63, 3.8) is 0 Å². The van der Waals surface area contributed by atoms with Crippen molar-refractivity contribution in [1.82, 2.24) is 0 Å². The van der Waals surface area contributed by atoms with Crippen molar-refractivity contribution in [2.75, 3.05) is 0 Å². The minimum atomic E-state index is 0.144. The molecule has 2 N–H and O–H groups in total. The van der Waals surface area contributed by atoms with Gasteiger partial charge in [0.05, 0.1) is 0 Å². The molecule has 0 heterocycles. The van der Waals surface area contributed by atoms with Gasteiger partial charge in [-0.05, 0) is 44.4 Å². The van der Waals surface area contributed by atoms with E-state index in [4.69, 9.17) is 5.73 Å². The fraction of sp³-hybridized carbons (Fsp3) is 0.455. The number of nitrogens with two attached hydrogens (primary N) is 1. The van der Waals surface area contributed by atoms with E-state index in [9.17, 15) is 0 Å². The molecule has 0 saturated heterocycles. The van der Waals surface area contributed by atoms with Crippen LogP contribution in [0.15, 0.2) is 12.1 Å². The van der Waals surface area contributed by atoms with Crippen LogP contribution in [0.5, 0.6) is 0 Å². The summed E-state index contributed by atoms with van der Waals surface area (Å²) in [6.45, 7) is 8.40. The highest BCUT2D eigenvalue weighted by Crippen LogP contribution is 2.21. The summed E-state index contributed by atoms with van der Waals surface area (Å²) in [5, 5.41) is 0. The highest BCUT2D eigenvalue weighted by molar-refractivity contribution is 5.39. The van der Waals surface area contributed by atoms with Gasteiger partial charge in [-0.25, -0.2) is 0 Å². The van der Waals surface area contributed by atoms with Crippen LogP contribution in [-0.4, -0.2) is 0 Å². The maximum absolute atomic E-state index is 5.87. The molecule has 0 aliphatic carbocycles. The van der Waals surface area contributed by atoms with Gasteiger partial charge in [-0.2, -0.15) is 0 Å². The fourth-order valence-corrected chi connectivity index (χ4v) is 1.91. The quantitative estimate of drug-likeness (QED) is 0.676. The Bertz CT molecular complexity index is 264. The summed E-state index contributed by atoms with van der Waals surface area (Å²) in [5.41, 5.74) is 11.1. The molecule has 1 atom stereocenters. The smallest absolute Gasteiger partial charge is 0.0271 e. The molecule has 0 saturated carbocycles. The molecule has 1 aromatic rings. The highest BCUT2D eigenvalue weighted by atomic mass is 14.6. The summed E-state index contributed by atoms with van der Waals surface area (Å²) in [6, 6.07) is 4.52. The van der Waals surface area contributed by atoms with Crippen molar-refractivity contribution in [3.05, 3.63) is 34.4 Å². The number of aryl methyl sites for hydroxylation is 3. The van der Waals surface area contributed by atoms with Gasteiger partial charge in [0.25, 0.3) is 0 Å². The maximum atomic E-state index is 5.87. The van der Waals surface area contributed by atoms with Gasteiger partial charge < -0.3 is 5.73 Å². The number of benzene rings is 1. The lowest BCUT2D eigenvalue weighted by Gasteiger charge is -2.14. The molecule has 0 bridgehead atoms. The lowest BCUT2D eigenvalue weighted by Crippen LogP contribution is -2.09. The minimum Gasteiger partial charge on any atom is -0.324 e. The largest absolute Gasteiger partial charge is 0.324 e. The molecule has 0 radical (unpaired) electrons. The Kier molecular flexibility index (Phi) is 2.53. The minimum absolute atomic E-state index is 0.144. The number of rotatable bonds is 1. The lowest BCUT2D eigenvalue weighted by atomic mass is 9.95. The molecular weight excluding hydrogens is 146 g/mol. The lowest BCUT2D eigenvalue weighted by molar-refractivity contribution is 0.800. The molecular formula is C11H17N. The van der Waals surface area contributed by atoms with Crippen LogP contribution in [0.3, 0.4) is 0 Å². The standard InChI is InChI=1S/C11H17N/c1-7-5-8(2)11(10(4)12)9(3)6-7/h5-6,10H,12H2,1-4H3/t10-/m1/s1. The summed E-state index contributed by atoms with van der Waals surface area (Å²) < 4.78 is 0. The van der Waals surface area contributed by atoms with E-state index in [1.807, 2.05) is 6.92 Å². The Morgan fingerprint density at radius 3 is 1.83 bits per heavy atom. The van der Waals surface area contributed by atoms with Crippen molar-refractivity contribution in [2.45, 2.75) is 33.7 Å². The normalized spacial score (nSPS) is 13.1. The van der Waals surface area contributed by atoms with Gasteiger partial charge in [-0.3, -0.25) is 0 Å². The van der Waals surface area contributed by atoms with Gasteiger partial charge in [0, 0.05) is 6.04 Å². The van der Waals surface area contributed by atoms with E-state index in [0.29, 0.717) is 0 Å². The first-order valence-electron chi connectivity index (χ1n) is 4.35. The molecule has 12 heavy (non-hydrogen) atoms. The molecule has 0 aliphatic heterocycles. The van der Waals surface area contributed by atoms with Crippen LogP contribution in [0.4, 0.5) is 0 Å². The third-order valence-corrected chi connectivity index (χ3v) is 2.19. The monoisotopic (exact) mass is 163 g/mol. The molecule has 1 heteroatoms.